The van der Waals surface area contributed by atoms with Crippen LogP contribution in [0.1, 0.15) is 0 Å². The fourth-order valence-corrected chi connectivity index (χ4v) is 0.965. The van der Waals surface area contributed by atoms with Crippen molar-refractivity contribution < 1.29 is 9.59 Å². The van der Waals surface area contributed by atoms with Crippen LogP contribution in [0, 0.1) is 0 Å². The summed E-state index contributed by atoms with van der Waals surface area (Å²) in [5.41, 5.74) is 0. The van der Waals surface area contributed by atoms with Crippen molar-refractivity contribution in [3.05, 3.63) is 0 Å². The van der Waals surface area contributed by atoms with Gasteiger partial charge < -0.3 is 5.32 Å². The lowest BCUT2D eigenvalue weighted by Crippen LogP contribution is -2.34. The van der Waals surface area contributed by atoms with E-state index in [2.05, 4.69) is 5.32 Å². The third-order valence-electron chi connectivity index (χ3n) is 1.06. The molecule has 1 fully saturated rings. The lowest BCUT2D eigenvalue weighted by molar-refractivity contribution is -0.119. The van der Waals surface area contributed by atoms with Gasteiger partial charge in [-0.15, -0.1) is 23.2 Å². The molecule has 0 aromatic carbocycles. The number of imide groups is 1. The van der Waals surface area contributed by atoms with Crippen LogP contribution in [0.2, 0.25) is 0 Å². The Morgan fingerprint density at radius 3 is 2.20 bits per heavy atom. The van der Waals surface area contributed by atoms with E-state index >= 15 is 0 Å². The zero-order valence-corrected chi connectivity index (χ0v) is 6.24. The Kier molecular flexibility index (Phi) is 2.01. The van der Waals surface area contributed by atoms with Gasteiger partial charge >= 0.3 is 6.03 Å². The third-order valence-corrected chi connectivity index (χ3v) is 1.56. The molecule has 1 aliphatic heterocycles. The number of nitrogens with one attached hydrogen (secondary N) is 2. The van der Waals surface area contributed by atoms with Crippen LogP contribution in [-0.2, 0) is 4.79 Å². The van der Waals surface area contributed by atoms with Gasteiger partial charge in [-0.2, -0.15) is 0 Å². The van der Waals surface area contributed by atoms with Gasteiger partial charge in [0.15, 0.2) is 0 Å². The summed E-state index contributed by atoms with van der Waals surface area (Å²) in [6, 6.07) is -1.36. The molecule has 0 saturated carbocycles. The summed E-state index contributed by atoms with van der Waals surface area (Å²) < 4.78 is 0. The van der Waals surface area contributed by atoms with E-state index in [1.807, 2.05) is 5.32 Å². The van der Waals surface area contributed by atoms with Crippen molar-refractivity contribution in [1.82, 2.24) is 10.6 Å². The monoisotopic (exact) mass is 182 g/mol. The van der Waals surface area contributed by atoms with Crippen LogP contribution in [0.15, 0.2) is 0 Å². The highest BCUT2D eigenvalue weighted by Crippen LogP contribution is 2.10. The molecular formula is C4H4Cl2N2O2. The van der Waals surface area contributed by atoms with Gasteiger partial charge in [-0.3, -0.25) is 10.1 Å². The van der Waals surface area contributed by atoms with E-state index in [-0.39, 0.29) is 0 Å². The molecule has 1 saturated heterocycles. The molecule has 0 aromatic rings. The lowest BCUT2D eigenvalue weighted by Gasteiger charge is -2.05. The summed E-state index contributed by atoms with van der Waals surface area (Å²) in [7, 11) is 0. The topological polar surface area (TPSA) is 58.2 Å². The highest BCUT2D eigenvalue weighted by molar-refractivity contribution is 6.46. The number of hydrogen-bond donors (Lipinski definition) is 2. The van der Waals surface area contributed by atoms with Crippen molar-refractivity contribution in [3.8, 4) is 0 Å². The molecule has 0 aliphatic carbocycles. The quantitative estimate of drug-likeness (QED) is 0.444. The van der Waals surface area contributed by atoms with E-state index in [4.69, 9.17) is 23.2 Å². The first kappa shape index (κ1) is 7.63. The molecular weight excluding hydrogens is 179 g/mol. The molecule has 3 amide bonds. The standard InChI is InChI=1S/C4H4Cl2N2O2/c5-2(6)1-3(9)8-4(10)7-1/h1-2H,(H2,7,8,9,10). The molecule has 10 heavy (non-hydrogen) atoms. The Balaban J connectivity index is 2.63. The molecule has 0 bridgehead atoms. The van der Waals surface area contributed by atoms with Gasteiger partial charge in [0.25, 0.3) is 5.91 Å². The highest BCUT2D eigenvalue weighted by Gasteiger charge is 2.34. The maximum atomic E-state index is 10.7. The molecule has 1 aliphatic rings. The number of halogens is 2. The van der Waals surface area contributed by atoms with Gasteiger partial charge in [-0.05, 0) is 0 Å². The zero-order chi connectivity index (χ0) is 7.72. The molecule has 0 aromatic heterocycles. The first-order valence-electron chi connectivity index (χ1n) is 2.51. The van der Waals surface area contributed by atoms with E-state index in [1.54, 1.807) is 0 Å². The van der Waals surface area contributed by atoms with Gasteiger partial charge in [0, 0.05) is 0 Å². The van der Waals surface area contributed by atoms with Crippen LogP contribution in [0.4, 0.5) is 4.79 Å². The van der Waals surface area contributed by atoms with Crippen molar-refractivity contribution in [2.45, 2.75) is 10.9 Å². The third kappa shape index (κ3) is 1.33. The van der Waals surface area contributed by atoms with Crippen LogP contribution >= 0.6 is 23.2 Å². The van der Waals surface area contributed by atoms with Gasteiger partial charge in [-0.25, -0.2) is 4.79 Å². The summed E-state index contributed by atoms with van der Waals surface area (Å²) in [5, 5.41) is 4.23. The number of alkyl halides is 2. The predicted octanol–water partition coefficient (Wildman–Crippen LogP) is -0.00190. The van der Waals surface area contributed by atoms with Crippen molar-refractivity contribution in [1.29, 1.82) is 0 Å². The lowest BCUT2D eigenvalue weighted by atomic mass is 10.3. The van der Waals surface area contributed by atoms with Crippen molar-refractivity contribution >= 4 is 35.1 Å². The Bertz CT molecular complexity index is 182. The van der Waals surface area contributed by atoms with Gasteiger partial charge in [-0.1, -0.05) is 0 Å². The second-order valence-electron chi connectivity index (χ2n) is 1.77. The van der Waals surface area contributed by atoms with Gasteiger partial charge in [0.05, 0.1) is 0 Å². The Morgan fingerprint density at radius 2 is 2.00 bits per heavy atom. The molecule has 1 atom stereocenters. The molecule has 1 unspecified atom stereocenters. The molecule has 56 valence electrons. The minimum atomic E-state index is -0.897. The smallest absolute Gasteiger partial charge is 0.322 e. The van der Waals surface area contributed by atoms with Crippen molar-refractivity contribution in [2.75, 3.05) is 0 Å². The maximum Gasteiger partial charge on any atom is 0.322 e. The maximum absolute atomic E-state index is 10.7. The van der Waals surface area contributed by atoms with E-state index in [9.17, 15) is 9.59 Å². The average Bonchev–Trinajstić information content (AvgIpc) is 2.10. The first-order chi connectivity index (χ1) is 4.61. The van der Waals surface area contributed by atoms with E-state index < -0.39 is 22.8 Å². The number of hydrogen-bond acceptors (Lipinski definition) is 2. The van der Waals surface area contributed by atoms with Crippen LogP contribution < -0.4 is 10.6 Å². The molecule has 2 N–H and O–H groups in total. The number of amides is 3. The van der Waals surface area contributed by atoms with E-state index in [0.29, 0.717) is 0 Å². The number of carbonyl (C=O) groups is 2. The Morgan fingerprint density at radius 1 is 1.40 bits per heavy atom. The van der Waals surface area contributed by atoms with Crippen molar-refractivity contribution in [3.63, 3.8) is 0 Å². The minimum Gasteiger partial charge on any atom is -0.323 e. The molecule has 6 heteroatoms. The summed E-state index contributed by atoms with van der Waals surface area (Å²) >= 11 is 10.7. The second kappa shape index (κ2) is 2.64. The Hall–Kier alpha value is -0.480. The fraction of sp³-hybridized carbons (Fsp3) is 0.500. The van der Waals surface area contributed by atoms with Crippen molar-refractivity contribution in [2.24, 2.45) is 0 Å². The molecule has 1 rings (SSSR count). The largest absolute Gasteiger partial charge is 0.323 e. The highest BCUT2D eigenvalue weighted by atomic mass is 35.5. The summed E-state index contributed by atoms with van der Waals surface area (Å²) in [6.45, 7) is 0. The number of urea groups is 1. The predicted molar refractivity (Wildman–Crippen MR) is 36.0 cm³/mol. The molecule has 0 spiro atoms. The molecule has 1 heterocycles. The van der Waals surface area contributed by atoms with Crippen LogP contribution in [-0.4, -0.2) is 22.8 Å². The summed E-state index contributed by atoms with van der Waals surface area (Å²) in [4.78, 5) is 20.2. The zero-order valence-electron chi connectivity index (χ0n) is 4.73. The summed E-state index contributed by atoms with van der Waals surface area (Å²) in [5.74, 6) is -0.486. The van der Waals surface area contributed by atoms with Crippen LogP contribution in [0.5, 0.6) is 0 Å². The van der Waals surface area contributed by atoms with Crippen LogP contribution in [0.3, 0.4) is 0 Å². The van der Waals surface area contributed by atoms with Crippen LogP contribution in [0.25, 0.3) is 0 Å². The fourth-order valence-electron chi connectivity index (χ4n) is 0.610. The average molecular weight is 183 g/mol. The Labute approximate surface area is 66.9 Å². The SMILES string of the molecule is O=C1NC(=O)C(C(Cl)Cl)N1. The number of rotatable bonds is 1. The van der Waals surface area contributed by atoms with E-state index in [1.165, 1.54) is 0 Å². The molecule has 0 radical (unpaired) electrons. The normalized spacial score (nSPS) is 24.9. The van der Waals surface area contributed by atoms with Gasteiger partial charge in [0.1, 0.15) is 10.9 Å². The second-order valence-corrected chi connectivity index (χ2v) is 2.94. The molecule has 4 nitrogen and oxygen atoms in total. The minimum absolute atomic E-state index is 0.486. The first-order valence-corrected chi connectivity index (χ1v) is 3.38. The number of carbonyl (C=O) groups excluding carboxylic acids is 2. The van der Waals surface area contributed by atoms with Gasteiger partial charge in [0.2, 0.25) is 0 Å². The van der Waals surface area contributed by atoms with E-state index in [0.717, 1.165) is 0 Å². The summed E-state index contributed by atoms with van der Waals surface area (Å²) in [6.07, 6.45) is 0.